The lowest BCUT2D eigenvalue weighted by atomic mass is 9.86. The molecule has 1 amide bonds. The van der Waals surface area contributed by atoms with E-state index >= 15 is 0 Å². The van der Waals surface area contributed by atoms with Gasteiger partial charge in [-0.15, -0.1) is 0 Å². The lowest BCUT2D eigenvalue weighted by molar-refractivity contribution is -0.117. The molecule has 0 unspecified atom stereocenters. The zero-order valence-corrected chi connectivity index (χ0v) is 10.1. The molecule has 0 saturated heterocycles. The minimum Gasteiger partial charge on any atom is -0.326 e. The minimum absolute atomic E-state index is 0.189. The summed E-state index contributed by atoms with van der Waals surface area (Å²) in [7, 11) is 0. The van der Waals surface area contributed by atoms with E-state index in [1.54, 1.807) is 0 Å². The second-order valence-corrected chi connectivity index (χ2v) is 5.55. The molecule has 17 heavy (non-hydrogen) atoms. The summed E-state index contributed by atoms with van der Waals surface area (Å²) in [5.74, 6) is 2.60. The molecular weight excluding hydrogens is 210 g/mol. The molecule has 0 radical (unpaired) electrons. The van der Waals surface area contributed by atoms with Crippen LogP contribution in [0.25, 0.3) is 0 Å². The fourth-order valence-corrected chi connectivity index (χ4v) is 3.60. The molecule has 2 aliphatic carbocycles. The van der Waals surface area contributed by atoms with Gasteiger partial charge in [0, 0.05) is 12.1 Å². The van der Waals surface area contributed by atoms with Crippen molar-refractivity contribution in [2.24, 2.45) is 17.8 Å². The van der Waals surface area contributed by atoms with Crippen LogP contribution in [0.3, 0.4) is 0 Å². The normalized spacial score (nSPS) is 30.5. The Bertz CT molecular complexity index is 401. The molecule has 1 aromatic carbocycles. The molecule has 0 heterocycles. The van der Waals surface area contributed by atoms with Crippen LogP contribution in [0.4, 0.5) is 5.69 Å². The maximum absolute atomic E-state index is 11.9. The van der Waals surface area contributed by atoms with Crippen LogP contribution in [-0.4, -0.2) is 5.91 Å². The number of anilines is 1. The molecule has 0 spiro atoms. The Morgan fingerprint density at radius 2 is 2.00 bits per heavy atom. The molecule has 2 fully saturated rings. The number of hydrogen-bond acceptors (Lipinski definition) is 1. The zero-order valence-electron chi connectivity index (χ0n) is 10.1. The Morgan fingerprint density at radius 1 is 1.18 bits per heavy atom. The number of amides is 1. The Labute approximate surface area is 102 Å². The third-order valence-electron chi connectivity index (χ3n) is 4.39. The number of rotatable bonds is 3. The Balaban J connectivity index is 1.54. The SMILES string of the molecule is O=C(C[C@@H]1C[C@H]2CC[C@@H]1C2)Nc1ccccc1. The van der Waals surface area contributed by atoms with E-state index in [0.29, 0.717) is 5.92 Å². The fourth-order valence-electron chi connectivity index (χ4n) is 3.60. The number of fused-ring (bicyclic) bond motifs is 2. The highest BCUT2D eigenvalue weighted by atomic mass is 16.1. The second-order valence-electron chi connectivity index (χ2n) is 5.55. The molecule has 2 aliphatic rings. The van der Waals surface area contributed by atoms with Crippen LogP contribution in [0.15, 0.2) is 30.3 Å². The molecule has 1 N–H and O–H groups in total. The zero-order chi connectivity index (χ0) is 11.7. The summed E-state index contributed by atoms with van der Waals surface area (Å²) in [6, 6.07) is 9.75. The van der Waals surface area contributed by atoms with Gasteiger partial charge >= 0.3 is 0 Å². The lowest BCUT2D eigenvalue weighted by Gasteiger charge is -2.20. The van der Waals surface area contributed by atoms with Crippen LogP contribution in [0.2, 0.25) is 0 Å². The van der Waals surface area contributed by atoms with E-state index in [4.69, 9.17) is 0 Å². The predicted molar refractivity (Wildman–Crippen MR) is 68.6 cm³/mol. The first kappa shape index (κ1) is 10.8. The van der Waals surface area contributed by atoms with Crippen molar-refractivity contribution in [2.45, 2.75) is 32.1 Å². The monoisotopic (exact) mass is 229 g/mol. The topological polar surface area (TPSA) is 29.1 Å². The molecule has 0 aliphatic heterocycles. The number of hydrogen-bond donors (Lipinski definition) is 1. The van der Waals surface area contributed by atoms with Crippen molar-refractivity contribution in [3.8, 4) is 0 Å². The smallest absolute Gasteiger partial charge is 0.224 e. The van der Waals surface area contributed by atoms with E-state index in [1.807, 2.05) is 30.3 Å². The summed E-state index contributed by atoms with van der Waals surface area (Å²) in [4.78, 5) is 11.9. The molecule has 90 valence electrons. The first-order valence-electron chi connectivity index (χ1n) is 6.66. The van der Waals surface area contributed by atoms with Gasteiger partial charge < -0.3 is 5.32 Å². The van der Waals surface area contributed by atoms with Gasteiger partial charge in [0.1, 0.15) is 0 Å². The van der Waals surface area contributed by atoms with Crippen molar-refractivity contribution in [2.75, 3.05) is 5.32 Å². The van der Waals surface area contributed by atoms with Gasteiger partial charge in [0.05, 0.1) is 0 Å². The number of para-hydroxylation sites is 1. The Hall–Kier alpha value is -1.31. The van der Waals surface area contributed by atoms with Crippen molar-refractivity contribution in [1.82, 2.24) is 0 Å². The highest BCUT2D eigenvalue weighted by Crippen LogP contribution is 2.49. The maximum Gasteiger partial charge on any atom is 0.224 e. The average molecular weight is 229 g/mol. The third-order valence-corrected chi connectivity index (χ3v) is 4.39. The average Bonchev–Trinajstić information content (AvgIpc) is 2.92. The number of nitrogens with one attached hydrogen (secondary N) is 1. The summed E-state index contributed by atoms with van der Waals surface area (Å²) in [6.07, 6.45) is 6.14. The van der Waals surface area contributed by atoms with Crippen LogP contribution < -0.4 is 5.32 Å². The molecule has 2 saturated carbocycles. The van der Waals surface area contributed by atoms with Crippen LogP contribution in [0.5, 0.6) is 0 Å². The predicted octanol–water partition coefficient (Wildman–Crippen LogP) is 3.45. The van der Waals surface area contributed by atoms with Gasteiger partial charge in [-0.3, -0.25) is 4.79 Å². The van der Waals surface area contributed by atoms with E-state index in [1.165, 1.54) is 25.7 Å². The van der Waals surface area contributed by atoms with Gasteiger partial charge in [-0.25, -0.2) is 0 Å². The summed E-state index contributed by atoms with van der Waals surface area (Å²) in [6.45, 7) is 0. The summed E-state index contributed by atoms with van der Waals surface area (Å²) >= 11 is 0. The van der Waals surface area contributed by atoms with Crippen LogP contribution in [0, 0.1) is 17.8 Å². The number of carbonyl (C=O) groups excluding carboxylic acids is 1. The van der Waals surface area contributed by atoms with Gasteiger partial charge in [-0.2, -0.15) is 0 Å². The quantitative estimate of drug-likeness (QED) is 0.845. The van der Waals surface area contributed by atoms with E-state index < -0.39 is 0 Å². The van der Waals surface area contributed by atoms with E-state index in [0.717, 1.165) is 23.9 Å². The van der Waals surface area contributed by atoms with Crippen molar-refractivity contribution in [3.63, 3.8) is 0 Å². The number of benzene rings is 1. The van der Waals surface area contributed by atoms with Gasteiger partial charge in [-0.05, 0) is 49.1 Å². The molecule has 0 aromatic heterocycles. The molecule has 3 rings (SSSR count). The molecule has 2 nitrogen and oxygen atoms in total. The minimum atomic E-state index is 0.189. The Kier molecular flexibility index (Phi) is 2.87. The van der Waals surface area contributed by atoms with Crippen molar-refractivity contribution >= 4 is 11.6 Å². The van der Waals surface area contributed by atoms with Crippen LogP contribution in [-0.2, 0) is 4.79 Å². The van der Waals surface area contributed by atoms with Gasteiger partial charge in [0.25, 0.3) is 0 Å². The van der Waals surface area contributed by atoms with Crippen LogP contribution in [0.1, 0.15) is 32.1 Å². The summed E-state index contributed by atoms with van der Waals surface area (Å²) in [5, 5.41) is 2.99. The van der Waals surface area contributed by atoms with Crippen molar-refractivity contribution in [1.29, 1.82) is 0 Å². The summed E-state index contributed by atoms with van der Waals surface area (Å²) < 4.78 is 0. The van der Waals surface area contributed by atoms with E-state index in [-0.39, 0.29) is 5.91 Å². The summed E-state index contributed by atoms with van der Waals surface area (Å²) in [5.41, 5.74) is 0.917. The fraction of sp³-hybridized carbons (Fsp3) is 0.533. The highest BCUT2D eigenvalue weighted by molar-refractivity contribution is 5.90. The van der Waals surface area contributed by atoms with E-state index in [9.17, 15) is 4.79 Å². The molecular formula is C15H19NO. The molecule has 3 atom stereocenters. The second kappa shape index (κ2) is 4.52. The first-order valence-corrected chi connectivity index (χ1v) is 6.66. The van der Waals surface area contributed by atoms with E-state index in [2.05, 4.69) is 5.32 Å². The van der Waals surface area contributed by atoms with Crippen molar-refractivity contribution < 1.29 is 4.79 Å². The molecule has 2 heteroatoms. The van der Waals surface area contributed by atoms with Crippen LogP contribution >= 0.6 is 0 Å². The first-order chi connectivity index (χ1) is 8.31. The largest absolute Gasteiger partial charge is 0.326 e. The third kappa shape index (κ3) is 2.36. The van der Waals surface area contributed by atoms with Gasteiger partial charge in [0.15, 0.2) is 0 Å². The Morgan fingerprint density at radius 3 is 2.65 bits per heavy atom. The molecule has 2 bridgehead atoms. The maximum atomic E-state index is 11.9. The standard InChI is InChI=1S/C15H19NO/c17-15(16-14-4-2-1-3-5-14)10-13-9-11-6-7-12(13)8-11/h1-5,11-13H,6-10H2,(H,16,17)/t11-,12+,13-/m0/s1. The van der Waals surface area contributed by atoms with Gasteiger partial charge in [-0.1, -0.05) is 24.6 Å². The van der Waals surface area contributed by atoms with Crippen molar-refractivity contribution in [3.05, 3.63) is 30.3 Å². The van der Waals surface area contributed by atoms with Gasteiger partial charge in [0.2, 0.25) is 5.91 Å². The molecule has 1 aromatic rings. The number of carbonyl (C=O) groups is 1. The lowest BCUT2D eigenvalue weighted by Crippen LogP contribution is -2.20. The highest BCUT2D eigenvalue weighted by Gasteiger charge is 2.39.